The van der Waals surface area contributed by atoms with Crippen LogP contribution in [0.3, 0.4) is 0 Å². The first-order chi connectivity index (χ1) is 24.4. The van der Waals surface area contributed by atoms with Gasteiger partial charge in [-0.3, -0.25) is 0 Å². The third kappa shape index (κ3) is 7.42. The maximum Gasteiger partial charge on any atom is 0.218 e. The first-order valence-electron chi connectivity index (χ1n) is 16.4. The van der Waals surface area contributed by atoms with Gasteiger partial charge >= 0.3 is 0 Å². The second-order valence-corrected chi connectivity index (χ2v) is 12.5. The highest BCUT2D eigenvalue weighted by atomic mass is 19.2. The van der Waals surface area contributed by atoms with Gasteiger partial charge in [0.25, 0.3) is 0 Å². The van der Waals surface area contributed by atoms with Crippen LogP contribution in [0.4, 0.5) is 13.2 Å². The molecule has 0 aliphatic carbocycles. The summed E-state index contributed by atoms with van der Waals surface area (Å²) in [7, 11) is 0. The molecule has 1 spiro atoms. The number of rotatable bonds is 12. The van der Waals surface area contributed by atoms with Crippen molar-refractivity contribution in [1.82, 2.24) is 15.0 Å². The Morgan fingerprint density at radius 3 is 1.96 bits per heavy atom. The van der Waals surface area contributed by atoms with Crippen LogP contribution in [-0.4, -0.2) is 52.3 Å². The molecule has 0 N–H and O–H groups in total. The summed E-state index contributed by atoms with van der Waals surface area (Å²) < 4.78 is 77.0. The van der Waals surface area contributed by atoms with Gasteiger partial charge in [0, 0.05) is 5.56 Å². The Morgan fingerprint density at radius 1 is 0.800 bits per heavy atom. The normalized spacial score (nSPS) is 23.3. The molecule has 1 aromatic heterocycles. The van der Waals surface area contributed by atoms with E-state index in [1.165, 1.54) is 0 Å². The minimum absolute atomic E-state index is 0.0218. The largest absolute Gasteiger partial charge is 0.374 e. The van der Waals surface area contributed by atoms with Gasteiger partial charge in [0.05, 0.1) is 39.2 Å². The van der Waals surface area contributed by atoms with Crippen molar-refractivity contribution < 1.29 is 36.9 Å². The van der Waals surface area contributed by atoms with Crippen LogP contribution in [0.15, 0.2) is 121 Å². The fourth-order valence-electron chi connectivity index (χ4n) is 6.38. The van der Waals surface area contributed by atoms with Crippen molar-refractivity contribution in [2.24, 2.45) is 0 Å². The zero-order chi connectivity index (χ0) is 34.5. The van der Waals surface area contributed by atoms with E-state index in [0.717, 1.165) is 34.4 Å². The summed E-state index contributed by atoms with van der Waals surface area (Å²) >= 11 is 0. The van der Waals surface area contributed by atoms with Crippen LogP contribution >= 0.6 is 0 Å². The predicted molar refractivity (Wildman–Crippen MR) is 178 cm³/mol. The van der Waals surface area contributed by atoms with Crippen LogP contribution < -0.4 is 0 Å². The molecular weight excluding hydrogens is 647 g/mol. The Kier molecular flexibility index (Phi) is 10.2. The topological polar surface area (TPSA) is 76.9 Å². The first kappa shape index (κ1) is 33.8. The van der Waals surface area contributed by atoms with Crippen molar-refractivity contribution in [3.63, 3.8) is 0 Å². The highest BCUT2D eigenvalue weighted by Gasteiger charge is 2.59. The Labute approximate surface area is 288 Å². The van der Waals surface area contributed by atoms with Crippen molar-refractivity contribution in [2.45, 2.75) is 56.9 Å². The summed E-state index contributed by atoms with van der Waals surface area (Å²) in [4.78, 5) is 0. The van der Waals surface area contributed by atoms with Crippen LogP contribution in [0, 0.1) is 17.5 Å². The van der Waals surface area contributed by atoms with Gasteiger partial charge in [-0.2, -0.15) is 0 Å². The molecule has 0 bridgehead atoms. The standard InChI is InChI=1S/C39H36F3N3O5/c1-26-19-39(49-21-26)38(48-24-29-15-9-4-10-16-29)36(45-20-33(43-44-45)30-17-31(40)35(42)32(41)18-30)37(47-23-28-13-7-3-8-14-28)34(50-39)25-46-22-27-11-5-2-6-12-27/h2-20,34,36-38H,21-25H2,1H3/t34-,36+,37?,38-,39+/m1/s1. The minimum atomic E-state index is -1.56. The Morgan fingerprint density at radius 2 is 1.38 bits per heavy atom. The SMILES string of the molecule is CC1=C[C@]2(OC1)O[C@H](COCc1ccccc1)C(OCc1ccccc1)[C@H](n1cc(-c3cc(F)c(F)c(F)c3)nn1)[C@H]2OCc1ccccc1. The first-order valence-corrected chi connectivity index (χ1v) is 16.4. The molecular formula is C39H36F3N3O5. The Hall–Kier alpha value is -4.65. The number of hydrogen-bond acceptors (Lipinski definition) is 7. The number of aromatic nitrogens is 3. The Balaban J connectivity index is 1.30. The van der Waals surface area contributed by atoms with E-state index in [9.17, 15) is 13.2 Å². The predicted octanol–water partition coefficient (Wildman–Crippen LogP) is 7.36. The molecule has 11 heteroatoms. The second kappa shape index (κ2) is 15.1. The molecule has 1 saturated heterocycles. The van der Waals surface area contributed by atoms with E-state index in [1.54, 1.807) is 10.9 Å². The zero-order valence-electron chi connectivity index (χ0n) is 27.3. The van der Waals surface area contributed by atoms with Crippen LogP contribution in [0.25, 0.3) is 11.3 Å². The fourth-order valence-corrected chi connectivity index (χ4v) is 6.38. The quantitative estimate of drug-likeness (QED) is 0.101. The number of benzene rings is 4. The summed E-state index contributed by atoms with van der Waals surface area (Å²) in [6, 6.07) is 30.2. The molecule has 5 aromatic rings. The molecule has 0 amide bonds. The lowest BCUT2D eigenvalue weighted by molar-refractivity contribution is -0.339. The summed E-state index contributed by atoms with van der Waals surface area (Å²) in [5, 5.41) is 8.69. The molecule has 8 nitrogen and oxygen atoms in total. The van der Waals surface area contributed by atoms with E-state index >= 15 is 0 Å². The minimum Gasteiger partial charge on any atom is -0.374 e. The lowest BCUT2D eigenvalue weighted by Gasteiger charge is -2.50. The van der Waals surface area contributed by atoms with Crippen molar-refractivity contribution >= 4 is 0 Å². The van der Waals surface area contributed by atoms with Gasteiger partial charge in [-0.05, 0) is 47.4 Å². The fraction of sp³-hybridized carbons (Fsp3) is 0.282. The smallest absolute Gasteiger partial charge is 0.218 e. The summed E-state index contributed by atoms with van der Waals surface area (Å²) in [6.07, 6.45) is 1.17. The van der Waals surface area contributed by atoms with E-state index in [0.29, 0.717) is 13.2 Å². The van der Waals surface area contributed by atoms with Crippen molar-refractivity contribution in [2.75, 3.05) is 13.2 Å². The molecule has 1 fully saturated rings. The molecule has 3 heterocycles. The second-order valence-electron chi connectivity index (χ2n) is 12.5. The number of halogens is 3. The molecule has 0 saturated carbocycles. The third-order valence-corrected chi connectivity index (χ3v) is 8.77. The number of nitrogens with zero attached hydrogens (tertiary/aromatic N) is 3. The van der Waals surface area contributed by atoms with Gasteiger partial charge in [-0.15, -0.1) is 5.10 Å². The molecule has 5 atom stereocenters. The molecule has 4 aromatic carbocycles. The highest BCUT2D eigenvalue weighted by Crippen LogP contribution is 2.45. The monoisotopic (exact) mass is 683 g/mol. The number of hydrogen-bond donors (Lipinski definition) is 0. The van der Waals surface area contributed by atoms with E-state index in [2.05, 4.69) is 10.3 Å². The van der Waals surface area contributed by atoms with Crippen molar-refractivity contribution in [3.8, 4) is 11.3 Å². The molecule has 0 radical (unpaired) electrons. The average molecular weight is 684 g/mol. The molecule has 7 rings (SSSR count). The Bertz CT molecular complexity index is 1890. The van der Waals surface area contributed by atoms with Crippen LogP contribution in [-0.2, 0) is 43.5 Å². The highest BCUT2D eigenvalue weighted by molar-refractivity contribution is 5.58. The average Bonchev–Trinajstić information content (AvgIpc) is 3.78. The van der Waals surface area contributed by atoms with Gasteiger partial charge < -0.3 is 23.7 Å². The van der Waals surface area contributed by atoms with Gasteiger partial charge in [-0.1, -0.05) is 96.2 Å². The third-order valence-electron chi connectivity index (χ3n) is 8.77. The van der Waals surface area contributed by atoms with E-state index in [-0.39, 0.29) is 31.1 Å². The molecule has 1 unspecified atom stereocenters. The van der Waals surface area contributed by atoms with Crippen LogP contribution in [0.2, 0.25) is 0 Å². The van der Waals surface area contributed by atoms with Crippen LogP contribution in [0.5, 0.6) is 0 Å². The molecule has 2 aliphatic rings. The van der Waals surface area contributed by atoms with Gasteiger partial charge in [-0.25, -0.2) is 17.9 Å². The number of ether oxygens (including phenoxy) is 5. The summed E-state index contributed by atoms with van der Waals surface area (Å²) in [6.45, 7) is 3.16. The lowest BCUT2D eigenvalue weighted by atomic mass is 9.89. The van der Waals surface area contributed by atoms with E-state index < -0.39 is 47.6 Å². The molecule has 258 valence electrons. The lowest BCUT2D eigenvalue weighted by Crippen LogP contribution is -2.63. The molecule has 50 heavy (non-hydrogen) atoms. The molecule has 2 aliphatic heterocycles. The van der Waals surface area contributed by atoms with Crippen molar-refractivity contribution in [1.29, 1.82) is 0 Å². The van der Waals surface area contributed by atoms with Gasteiger partial charge in [0.2, 0.25) is 5.79 Å². The van der Waals surface area contributed by atoms with Gasteiger partial charge in [0.1, 0.15) is 30.0 Å². The summed E-state index contributed by atoms with van der Waals surface area (Å²) in [5.41, 5.74) is 3.94. The maximum atomic E-state index is 14.3. The van der Waals surface area contributed by atoms with Crippen LogP contribution in [0.1, 0.15) is 29.7 Å². The van der Waals surface area contributed by atoms with E-state index in [4.69, 9.17) is 23.7 Å². The van der Waals surface area contributed by atoms with E-state index in [1.807, 2.05) is 104 Å². The maximum absolute atomic E-state index is 14.3. The zero-order valence-corrected chi connectivity index (χ0v) is 27.3. The van der Waals surface area contributed by atoms with Gasteiger partial charge in [0.15, 0.2) is 17.5 Å². The van der Waals surface area contributed by atoms with Crippen molar-refractivity contribution in [3.05, 3.63) is 155 Å². The summed E-state index contributed by atoms with van der Waals surface area (Å²) in [5.74, 6) is -5.58.